The van der Waals surface area contributed by atoms with Crippen molar-refractivity contribution < 1.29 is 19.4 Å². The minimum Gasteiger partial charge on any atom is -0.491 e. The molecule has 0 spiro atoms. The zero-order valence-electron chi connectivity index (χ0n) is 14.0. The second kappa shape index (κ2) is 6.69. The molecular formula is C18H18N4O4. The summed E-state index contributed by atoms with van der Waals surface area (Å²) in [6.45, 7) is 0.905. The fourth-order valence-corrected chi connectivity index (χ4v) is 3.21. The molecule has 8 nitrogen and oxygen atoms in total. The van der Waals surface area contributed by atoms with Crippen LogP contribution >= 0.6 is 0 Å². The lowest BCUT2D eigenvalue weighted by molar-refractivity contribution is 0.0732. The largest absolute Gasteiger partial charge is 0.491 e. The lowest BCUT2D eigenvalue weighted by atomic mass is 10.0. The van der Waals surface area contributed by atoms with Gasteiger partial charge in [0.05, 0.1) is 24.3 Å². The Morgan fingerprint density at radius 3 is 3.15 bits per heavy atom. The summed E-state index contributed by atoms with van der Waals surface area (Å²) < 4.78 is 12.9. The van der Waals surface area contributed by atoms with Crippen molar-refractivity contribution in [2.24, 2.45) is 0 Å². The minimum absolute atomic E-state index is 0.0593. The Bertz CT molecular complexity index is 886. The third-order valence-electron chi connectivity index (χ3n) is 4.56. The third kappa shape index (κ3) is 3.09. The van der Waals surface area contributed by atoms with Gasteiger partial charge in [0.15, 0.2) is 5.69 Å². The number of rotatable bonds is 3. The highest BCUT2D eigenvalue weighted by molar-refractivity contribution is 5.92. The van der Waals surface area contributed by atoms with Crippen molar-refractivity contribution in [1.82, 2.24) is 15.1 Å². The number of nitriles is 1. The van der Waals surface area contributed by atoms with Gasteiger partial charge in [0.1, 0.15) is 18.5 Å². The van der Waals surface area contributed by atoms with Gasteiger partial charge in [-0.25, -0.2) is 4.68 Å². The molecule has 0 bridgehead atoms. The van der Waals surface area contributed by atoms with Crippen LogP contribution < -0.4 is 14.8 Å². The summed E-state index contributed by atoms with van der Waals surface area (Å²) in [5, 5.41) is 25.4. The highest BCUT2D eigenvalue weighted by Gasteiger charge is 2.26. The second-order valence-electron chi connectivity index (χ2n) is 6.42. The van der Waals surface area contributed by atoms with Gasteiger partial charge in [-0.05, 0) is 30.2 Å². The molecule has 0 aliphatic carbocycles. The molecule has 8 heteroatoms. The molecule has 2 atom stereocenters. The number of nitrogens with zero attached hydrogens (tertiary/aromatic N) is 3. The topological polar surface area (TPSA) is 109 Å². The molecule has 1 aromatic heterocycles. The fraction of sp³-hybridized carbons (Fsp3) is 0.389. The summed E-state index contributed by atoms with van der Waals surface area (Å²) in [4.78, 5) is 12.5. The van der Waals surface area contributed by atoms with Crippen molar-refractivity contribution in [3.63, 3.8) is 0 Å². The molecule has 26 heavy (non-hydrogen) atoms. The van der Waals surface area contributed by atoms with Crippen molar-refractivity contribution in [3.8, 4) is 17.7 Å². The summed E-state index contributed by atoms with van der Waals surface area (Å²) in [6, 6.07) is 8.77. The first-order chi connectivity index (χ1) is 12.7. The smallest absolute Gasteiger partial charge is 0.272 e. The van der Waals surface area contributed by atoms with E-state index in [0.717, 1.165) is 11.3 Å². The van der Waals surface area contributed by atoms with Crippen LogP contribution in [-0.2, 0) is 13.0 Å². The summed E-state index contributed by atoms with van der Waals surface area (Å²) in [7, 11) is 0. The predicted octanol–water partition coefficient (Wildman–Crippen LogP) is 0.632. The molecule has 0 saturated carbocycles. The fourth-order valence-electron chi connectivity index (χ4n) is 3.21. The van der Waals surface area contributed by atoms with Crippen LogP contribution in [0, 0.1) is 11.3 Å². The molecular weight excluding hydrogens is 336 g/mol. The van der Waals surface area contributed by atoms with E-state index in [9.17, 15) is 9.90 Å². The van der Waals surface area contributed by atoms with Gasteiger partial charge >= 0.3 is 0 Å². The number of hydrogen-bond acceptors (Lipinski definition) is 6. The molecule has 1 aromatic carbocycles. The van der Waals surface area contributed by atoms with Crippen LogP contribution in [0.4, 0.5) is 0 Å². The highest BCUT2D eigenvalue weighted by atomic mass is 16.5. The van der Waals surface area contributed by atoms with E-state index in [1.54, 1.807) is 28.9 Å². The Kier molecular flexibility index (Phi) is 4.22. The number of aromatic nitrogens is 2. The molecule has 3 heterocycles. The number of aliphatic hydroxyl groups is 1. The zero-order chi connectivity index (χ0) is 18.1. The molecule has 2 aliphatic heterocycles. The average Bonchev–Trinajstić information content (AvgIpc) is 3.10. The standard InChI is InChI=1S/C18H18N4O4/c19-8-11-1-2-16-12(5-11)6-13(10-25-16)20-18(24)15-7-17-22(21-15)4-3-14(9-23)26-17/h1-2,5,7,13-14,23H,3-4,6,9-10H2,(H,20,24). The number of fused-ring (bicyclic) bond motifs is 2. The molecule has 2 aliphatic rings. The molecule has 2 N–H and O–H groups in total. The van der Waals surface area contributed by atoms with Crippen LogP contribution in [-0.4, -0.2) is 46.2 Å². The number of nitrogens with one attached hydrogen (secondary N) is 1. The first kappa shape index (κ1) is 16.4. The maximum absolute atomic E-state index is 12.5. The zero-order valence-corrected chi connectivity index (χ0v) is 14.0. The lowest BCUT2D eigenvalue weighted by Crippen LogP contribution is -2.42. The van der Waals surface area contributed by atoms with Crippen LogP contribution in [0.2, 0.25) is 0 Å². The van der Waals surface area contributed by atoms with Crippen LogP contribution in [0.3, 0.4) is 0 Å². The molecule has 0 saturated heterocycles. The van der Waals surface area contributed by atoms with Gasteiger partial charge in [-0.3, -0.25) is 4.79 Å². The second-order valence-corrected chi connectivity index (χ2v) is 6.42. The number of carbonyl (C=O) groups excluding carboxylic acids is 1. The van der Waals surface area contributed by atoms with E-state index in [0.29, 0.717) is 37.4 Å². The van der Waals surface area contributed by atoms with Gasteiger partial charge in [-0.1, -0.05) is 0 Å². The SMILES string of the molecule is N#Cc1ccc2c(c1)CC(NC(=O)c1cc3n(n1)CCC(CO)O3)CO2. The summed E-state index contributed by atoms with van der Waals surface area (Å²) >= 11 is 0. The number of aliphatic hydroxyl groups excluding tert-OH is 1. The average molecular weight is 354 g/mol. The third-order valence-corrected chi connectivity index (χ3v) is 4.56. The first-order valence-electron chi connectivity index (χ1n) is 8.48. The van der Waals surface area contributed by atoms with Crippen LogP contribution in [0.25, 0.3) is 0 Å². The van der Waals surface area contributed by atoms with E-state index in [2.05, 4.69) is 16.5 Å². The van der Waals surface area contributed by atoms with Gasteiger partial charge < -0.3 is 19.9 Å². The van der Waals surface area contributed by atoms with E-state index in [1.807, 2.05) is 0 Å². The monoisotopic (exact) mass is 354 g/mol. The van der Waals surface area contributed by atoms with Crippen molar-refractivity contribution in [1.29, 1.82) is 5.26 Å². The summed E-state index contributed by atoms with van der Waals surface area (Å²) in [5.41, 5.74) is 1.74. The molecule has 1 amide bonds. The van der Waals surface area contributed by atoms with Gasteiger partial charge in [-0.15, -0.1) is 0 Å². The van der Waals surface area contributed by atoms with Crippen LogP contribution in [0.1, 0.15) is 28.0 Å². The van der Waals surface area contributed by atoms with Crippen molar-refractivity contribution >= 4 is 5.91 Å². The van der Waals surface area contributed by atoms with Crippen molar-refractivity contribution in [2.75, 3.05) is 13.2 Å². The predicted molar refractivity (Wildman–Crippen MR) is 90.0 cm³/mol. The number of aryl methyl sites for hydroxylation is 1. The Hall–Kier alpha value is -3.05. The number of carbonyl (C=O) groups is 1. The van der Waals surface area contributed by atoms with E-state index in [4.69, 9.17) is 14.7 Å². The van der Waals surface area contributed by atoms with Crippen molar-refractivity contribution in [3.05, 3.63) is 41.1 Å². The van der Waals surface area contributed by atoms with E-state index in [-0.39, 0.29) is 30.4 Å². The number of amides is 1. The summed E-state index contributed by atoms with van der Waals surface area (Å²) in [5.74, 6) is 0.935. The molecule has 2 aromatic rings. The number of ether oxygens (including phenoxy) is 2. The molecule has 134 valence electrons. The van der Waals surface area contributed by atoms with Crippen LogP contribution in [0.5, 0.6) is 11.6 Å². The molecule has 4 rings (SSSR count). The molecule has 0 fully saturated rings. The van der Waals surface area contributed by atoms with Gasteiger partial charge in [0.25, 0.3) is 5.91 Å². The van der Waals surface area contributed by atoms with Crippen LogP contribution in [0.15, 0.2) is 24.3 Å². The molecule has 2 unspecified atom stereocenters. The van der Waals surface area contributed by atoms with E-state index in [1.165, 1.54) is 0 Å². The van der Waals surface area contributed by atoms with Gasteiger partial charge in [-0.2, -0.15) is 10.4 Å². The number of benzene rings is 1. The van der Waals surface area contributed by atoms with E-state index >= 15 is 0 Å². The van der Waals surface area contributed by atoms with Crippen molar-refractivity contribution in [2.45, 2.75) is 31.5 Å². The maximum Gasteiger partial charge on any atom is 0.272 e. The Balaban J connectivity index is 1.44. The number of hydrogen-bond donors (Lipinski definition) is 2. The first-order valence-corrected chi connectivity index (χ1v) is 8.48. The molecule has 0 radical (unpaired) electrons. The Labute approximate surface area is 149 Å². The van der Waals surface area contributed by atoms with E-state index < -0.39 is 0 Å². The summed E-state index contributed by atoms with van der Waals surface area (Å²) in [6.07, 6.45) is 0.987. The van der Waals surface area contributed by atoms with Gasteiger partial charge in [0, 0.05) is 19.0 Å². The Morgan fingerprint density at radius 2 is 2.35 bits per heavy atom. The van der Waals surface area contributed by atoms with Gasteiger partial charge in [0.2, 0.25) is 5.88 Å². The quantitative estimate of drug-likeness (QED) is 0.837. The highest BCUT2D eigenvalue weighted by Crippen LogP contribution is 2.26. The maximum atomic E-state index is 12.5. The minimum atomic E-state index is -0.301. The Morgan fingerprint density at radius 1 is 1.46 bits per heavy atom. The lowest BCUT2D eigenvalue weighted by Gasteiger charge is -2.25. The normalized spacial score (nSPS) is 20.8.